The van der Waals surface area contributed by atoms with Crippen molar-refractivity contribution in [1.29, 1.82) is 0 Å². The van der Waals surface area contributed by atoms with E-state index in [0.29, 0.717) is 28.6 Å². The standard InChI is InChI=1S/C29H34N8O2/c1-7-25(38)32-22-17-21(18(2)16-24(22)36(5)15-14-35(3)4)34-29-31-13-12-20(33-29)26-19-10-8-9-11-23(19)37(6)27(26)28(30)39/h7-13,16-17H,1,14-15H2,2-6H3,(H2,30,39)(H,32,38)(H,31,33,34). The Balaban J connectivity index is 1.74. The summed E-state index contributed by atoms with van der Waals surface area (Å²) < 4.78 is 1.78. The fourth-order valence-corrected chi connectivity index (χ4v) is 4.52. The van der Waals surface area contributed by atoms with Crippen molar-refractivity contribution in [3.8, 4) is 11.3 Å². The van der Waals surface area contributed by atoms with E-state index in [9.17, 15) is 9.59 Å². The Morgan fingerprint density at radius 1 is 1.10 bits per heavy atom. The van der Waals surface area contributed by atoms with E-state index in [2.05, 4.69) is 32.0 Å². The number of hydrogen-bond donors (Lipinski definition) is 3. The number of likely N-dealkylation sites (N-methyl/N-ethyl adjacent to an activating group) is 2. The van der Waals surface area contributed by atoms with Crippen LogP contribution in [0.25, 0.3) is 22.2 Å². The minimum Gasteiger partial charge on any atom is -0.372 e. The van der Waals surface area contributed by atoms with Crippen LogP contribution in [0.15, 0.2) is 61.3 Å². The average molecular weight is 527 g/mol. The third-order valence-corrected chi connectivity index (χ3v) is 6.58. The summed E-state index contributed by atoms with van der Waals surface area (Å²) >= 11 is 0. The first-order chi connectivity index (χ1) is 18.6. The van der Waals surface area contributed by atoms with Gasteiger partial charge in [-0.15, -0.1) is 0 Å². The van der Waals surface area contributed by atoms with Gasteiger partial charge in [0.25, 0.3) is 5.91 Å². The van der Waals surface area contributed by atoms with Crippen molar-refractivity contribution in [1.82, 2.24) is 19.4 Å². The van der Waals surface area contributed by atoms with Crippen LogP contribution in [-0.2, 0) is 11.8 Å². The molecule has 2 aromatic carbocycles. The largest absolute Gasteiger partial charge is 0.372 e. The van der Waals surface area contributed by atoms with E-state index in [1.54, 1.807) is 16.8 Å². The number of nitrogens with one attached hydrogen (secondary N) is 2. The molecule has 4 aromatic rings. The van der Waals surface area contributed by atoms with Crippen molar-refractivity contribution in [2.24, 2.45) is 12.8 Å². The zero-order valence-corrected chi connectivity index (χ0v) is 22.9. The molecule has 0 unspecified atom stereocenters. The van der Waals surface area contributed by atoms with E-state index < -0.39 is 5.91 Å². The fraction of sp³-hybridized carbons (Fsp3) is 0.241. The predicted molar refractivity (Wildman–Crippen MR) is 158 cm³/mol. The number of para-hydroxylation sites is 1. The minimum atomic E-state index is -0.538. The Kier molecular flexibility index (Phi) is 7.96. The third kappa shape index (κ3) is 5.75. The molecule has 0 bridgehead atoms. The lowest BCUT2D eigenvalue weighted by Gasteiger charge is -2.25. The highest BCUT2D eigenvalue weighted by Crippen LogP contribution is 2.35. The van der Waals surface area contributed by atoms with Crippen LogP contribution in [-0.4, -0.2) is 65.5 Å². The molecular formula is C29H34N8O2. The number of amides is 2. The molecule has 0 radical (unpaired) electrons. The van der Waals surface area contributed by atoms with Crippen LogP contribution in [0.2, 0.25) is 0 Å². The molecule has 0 atom stereocenters. The summed E-state index contributed by atoms with van der Waals surface area (Å²) in [6.45, 7) is 7.18. The van der Waals surface area contributed by atoms with E-state index in [0.717, 1.165) is 40.9 Å². The molecule has 0 saturated carbocycles. The number of carbonyl (C=O) groups excluding carboxylic acids is 2. The first-order valence-electron chi connectivity index (χ1n) is 12.5. The second-order valence-electron chi connectivity index (χ2n) is 9.66. The van der Waals surface area contributed by atoms with Gasteiger partial charge in [0.2, 0.25) is 11.9 Å². The van der Waals surface area contributed by atoms with Gasteiger partial charge < -0.3 is 30.7 Å². The number of aromatic nitrogens is 3. The molecule has 2 heterocycles. The van der Waals surface area contributed by atoms with Crippen LogP contribution in [0, 0.1) is 6.92 Å². The number of rotatable bonds is 10. The zero-order chi connectivity index (χ0) is 28.3. The molecule has 202 valence electrons. The Morgan fingerprint density at radius 2 is 1.85 bits per heavy atom. The monoisotopic (exact) mass is 526 g/mol. The first kappa shape index (κ1) is 27.3. The molecule has 4 rings (SSSR count). The summed E-state index contributed by atoms with van der Waals surface area (Å²) in [7, 11) is 7.84. The lowest BCUT2D eigenvalue weighted by atomic mass is 10.1. The molecule has 0 saturated heterocycles. The highest BCUT2D eigenvalue weighted by molar-refractivity contribution is 6.09. The number of benzene rings is 2. The van der Waals surface area contributed by atoms with Gasteiger partial charge in [-0.1, -0.05) is 24.8 Å². The van der Waals surface area contributed by atoms with Gasteiger partial charge >= 0.3 is 0 Å². The van der Waals surface area contributed by atoms with E-state index in [4.69, 9.17) is 10.7 Å². The van der Waals surface area contributed by atoms with Gasteiger partial charge in [-0.2, -0.15) is 0 Å². The van der Waals surface area contributed by atoms with E-state index >= 15 is 0 Å². The van der Waals surface area contributed by atoms with E-state index in [1.165, 1.54) is 6.08 Å². The van der Waals surface area contributed by atoms with Gasteiger partial charge in [0, 0.05) is 55.5 Å². The number of nitrogens with two attached hydrogens (primary N) is 1. The van der Waals surface area contributed by atoms with Crippen LogP contribution >= 0.6 is 0 Å². The zero-order valence-electron chi connectivity index (χ0n) is 22.9. The van der Waals surface area contributed by atoms with Crippen LogP contribution in [0.5, 0.6) is 0 Å². The van der Waals surface area contributed by atoms with Crippen LogP contribution < -0.4 is 21.3 Å². The van der Waals surface area contributed by atoms with Gasteiger partial charge in [-0.05, 0) is 56.9 Å². The highest BCUT2D eigenvalue weighted by Gasteiger charge is 2.22. The van der Waals surface area contributed by atoms with Crippen molar-refractivity contribution in [2.75, 3.05) is 49.8 Å². The summed E-state index contributed by atoms with van der Waals surface area (Å²) in [5.74, 6) is -0.502. The molecule has 0 spiro atoms. The summed E-state index contributed by atoms with van der Waals surface area (Å²) in [4.78, 5) is 38.0. The van der Waals surface area contributed by atoms with Gasteiger partial charge in [0.05, 0.1) is 17.1 Å². The summed E-state index contributed by atoms with van der Waals surface area (Å²) in [5.41, 5.74) is 11.4. The van der Waals surface area contributed by atoms with Crippen LogP contribution in [0.4, 0.5) is 23.0 Å². The molecular weight excluding hydrogens is 492 g/mol. The quantitative estimate of drug-likeness (QED) is 0.268. The number of carbonyl (C=O) groups is 2. The second-order valence-corrected chi connectivity index (χ2v) is 9.66. The molecule has 0 fully saturated rings. The fourth-order valence-electron chi connectivity index (χ4n) is 4.52. The summed E-state index contributed by atoms with van der Waals surface area (Å²) in [6.07, 6.45) is 2.87. The summed E-state index contributed by atoms with van der Waals surface area (Å²) in [6, 6.07) is 13.3. The topological polar surface area (TPSA) is 121 Å². The molecule has 2 amide bonds. The second kappa shape index (κ2) is 11.4. The molecule has 39 heavy (non-hydrogen) atoms. The van der Waals surface area contributed by atoms with Crippen molar-refractivity contribution in [3.63, 3.8) is 0 Å². The number of primary amides is 1. The highest BCUT2D eigenvalue weighted by atomic mass is 16.1. The molecule has 4 N–H and O–H groups in total. The number of nitrogens with zero attached hydrogens (tertiary/aromatic N) is 5. The van der Waals surface area contributed by atoms with Gasteiger partial charge in [-0.25, -0.2) is 9.97 Å². The Hall–Kier alpha value is -4.70. The van der Waals surface area contributed by atoms with Crippen LogP contribution in [0.1, 0.15) is 16.1 Å². The van der Waals surface area contributed by atoms with Crippen molar-refractivity contribution in [2.45, 2.75) is 6.92 Å². The maximum Gasteiger partial charge on any atom is 0.266 e. The number of fused-ring (bicyclic) bond motifs is 1. The number of hydrogen-bond acceptors (Lipinski definition) is 7. The average Bonchev–Trinajstić information content (AvgIpc) is 3.21. The lowest BCUT2D eigenvalue weighted by molar-refractivity contribution is -0.111. The summed E-state index contributed by atoms with van der Waals surface area (Å²) in [5, 5.41) is 7.07. The Labute approximate surface area is 228 Å². The van der Waals surface area contributed by atoms with Crippen molar-refractivity contribution >= 4 is 45.7 Å². The van der Waals surface area contributed by atoms with Crippen LogP contribution in [0.3, 0.4) is 0 Å². The molecule has 10 nitrogen and oxygen atoms in total. The Bertz CT molecular complexity index is 1560. The number of aryl methyl sites for hydroxylation is 2. The third-order valence-electron chi connectivity index (χ3n) is 6.58. The molecule has 0 aliphatic heterocycles. The predicted octanol–water partition coefficient (Wildman–Crippen LogP) is 3.91. The van der Waals surface area contributed by atoms with Crippen molar-refractivity contribution < 1.29 is 9.59 Å². The first-order valence-corrected chi connectivity index (χ1v) is 12.5. The molecule has 10 heteroatoms. The SMILES string of the molecule is C=CC(=O)Nc1cc(Nc2nccc(-c3c(C(N)=O)n(C)c4ccccc34)n2)c(C)cc1N(C)CCN(C)C. The molecule has 0 aliphatic carbocycles. The molecule has 0 aliphatic rings. The Morgan fingerprint density at radius 3 is 2.54 bits per heavy atom. The van der Waals surface area contributed by atoms with Crippen molar-refractivity contribution in [3.05, 3.63) is 72.6 Å². The van der Waals surface area contributed by atoms with E-state index in [1.807, 2.05) is 71.5 Å². The maximum atomic E-state index is 12.4. The molecule has 2 aromatic heterocycles. The number of anilines is 4. The van der Waals surface area contributed by atoms with Gasteiger partial charge in [0.1, 0.15) is 5.69 Å². The smallest absolute Gasteiger partial charge is 0.266 e. The van der Waals surface area contributed by atoms with Gasteiger partial charge in [-0.3, -0.25) is 9.59 Å². The maximum absolute atomic E-state index is 12.4. The lowest BCUT2D eigenvalue weighted by Crippen LogP contribution is -2.29. The normalized spacial score (nSPS) is 11.0. The van der Waals surface area contributed by atoms with E-state index in [-0.39, 0.29) is 5.91 Å². The minimum absolute atomic E-state index is 0.305. The van der Waals surface area contributed by atoms with Gasteiger partial charge in [0.15, 0.2) is 0 Å².